The average Bonchev–Trinajstić information content (AvgIpc) is 3.36. The van der Waals surface area contributed by atoms with Crippen LogP contribution >= 0.6 is 51.5 Å². The summed E-state index contributed by atoms with van der Waals surface area (Å²) in [7, 11) is 1.56. The Morgan fingerprint density at radius 3 is 2.55 bits per heavy atom. The highest BCUT2D eigenvalue weighted by atomic mass is 79.9. The molecule has 2 aromatic carbocycles. The zero-order valence-electron chi connectivity index (χ0n) is 25.5. The van der Waals surface area contributed by atoms with E-state index in [2.05, 4.69) is 31.5 Å². The monoisotopic (exact) mass is 764 g/mol. The number of anilines is 2. The molecular weight excluding hydrogens is 735 g/mol. The molecule has 0 spiro atoms. The summed E-state index contributed by atoms with van der Waals surface area (Å²) < 4.78 is 14.0. The van der Waals surface area contributed by atoms with Gasteiger partial charge in [0.15, 0.2) is 11.4 Å². The number of rotatable bonds is 9. The molecule has 0 saturated carbocycles. The summed E-state index contributed by atoms with van der Waals surface area (Å²) in [6, 6.07) is 13.8. The van der Waals surface area contributed by atoms with Crippen molar-refractivity contribution >= 4 is 92.5 Å². The van der Waals surface area contributed by atoms with Gasteiger partial charge in [0.05, 0.1) is 36.2 Å². The van der Waals surface area contributed by atoms with Gasteiger partial charge in [-0.3, -0.25) is 14.0 Å². The second-order valence-corrected chi connectivity index (χ2v) is 11.9. The molecule has 4 amide bonds. The number of morpholine rings is 1. The molecular formula is C32H32BrCl3N6O5. The minimum Gasteiger partial charge on any atom is -0.485 e. The van der Waals surface area contributed by atoms with Gasteiger partial charge in [0, 0.05) is 48.7 Å². The number of hydrogen-bond acceptors (Lipinski definition) is 6. The average molecular weight is 767 g/mol. The molecule has 2 aromatic heterocycles. The molecule has 15 heteroatoms. The van der Waals surface area contributed by atoms with E-state index in [4.69, 9.17) is 32.7 Å². The van der Waals surface area contributed by atoms with E-state index in [1.807, 2.05) is 23.6 Å². The van der Waals surface area contributed by atoms with Gasteiger partial charge in [-0.05, 0) is 70.9 Å². The molecule has 248 valence electrons. The van der Waals surface area contributed by atoms with Crippen LogP contribution in [0.4, 0.5) is 16.2 Å². The van der Waals surface area contributed by atoms with E-state index in [9.17, 15) is 14.4 Å². The minimum atomic E-state index is -0.447. The maximum atomic E-state index is 13.0. The van der Waals surface area contributed by atoms with Gasteiger partial charge in [-0.2, -0.15) is 0 Å². The Morgan fingerprint density at radius 2 is 1.83 bits per heavy atom. The third-order valence-electron chi connectivity index (χ3n) is 7.29. The number of nitrogens with one attached hydrogen (secondary N) is 2. The third kappa shape index (κ3) is 8.76. The predicted molar refractivity (Wildman–Crippen MR) is 189 cm³/mol. The lowest BCUT2D eigenvalue weighted by Gasteiger charge is -2.26. The van der Waals surface area contributed by atoms with Gasteiger partial charge >= 0.3 is 6.03 Å². The van der Waals surface area contributed by atoms with Crippen LogP contribution in [0.5, 0.6) is 5.75 Å². The van der Waals surface area contributed by atoms with E-state index in [0.29, 0.717) is 59.7 Å². The number of aromatic nitrogens is 2. The molecule has 4 aromatic rings. The van der Waals surface area contributed by atoms with Gasteiger partial charge in [-0.15, -0.1) is 12.4 Å². The number of carbonyl (C=O) groups is 3. The Labute approximate surface area is 296 Å². The fraction of sp³-hybridized carbons (Fsp3) is 0.250. The van der Waals surface area contributed by atoms with Crippen molar-refractivity contribution < 1.29 is 23.9 Å². The summed E-state index contributed by atoms with van der Waals surface area (Å²) in [4.78, 5) is 45.4. The second-order valence-electron chi connectivity index (χ2n) is 10.4. The van der Waals surface area contributed by atoms with Crippen LogP contribution < -0.4 is 20.3 Å². The standard InChI is InChI=1S/C32H31BrCl2N6O5.ClH/c1-20-30(33)41-13-3-4-26(31(41)37-20)46-19-23-24(34)10-11-25(29(23)35)39(2)28(43)18-36-27(42)12-7-21-5-8-22(9-6-21)38-32(44)40-14-16-45-17-15-40;/h3-13H,14-19H2,1-2H3,(H,36,42)(H,38,44);1H/b12-7+;. The van der Waals surface area contributed by atoms with Crippen LogP contribution in [-0.2, 0) is 20.9 Å². The first-order valence-electron chi connectivity index (χ1n) is 14.3. The number of urea groups is 1. The number of ether oxygens (including phenoxy) is 2. The maximum Gasteiger partial charge on any atom is 0.321 e. The fourth-order valence-corrected chi connectivity index (χ4v) is 5.64. The second kappa shape index (κ2) is 16.3. The van der Waals surface area contributed by atoms with Crippen molar-refractivity contribution in [1.29, 1.82) is 0 Å². The van der Waals surface area contributed by atoms with Gasteiger partial charge in [-0.25, -0.2) is 9.78 Å². The Balaban J connectivity index is 0.00000500. The summed E-state index contributed by atoms with van der Waals surface area (Å²) in [5.74, 6) is -0.293. The number of amides is 4. The molecule has 11 nitrogen and oxygen atoms in total. The van der Waals surface area contributed by atoms with Crippen molar-refractivity contribution in [2.45, 2.75) is 13.5 Å². The van der Waals surface area contributed by atoms with Gasteiger partial charge in [0.2, 0.25) is 11.8 Å². The number of hydrogen-bond donors (Lipinski definition) is 2. The lowest BCUT2D eigenvalue weighted by atomic mass is 10.2. The topological polar surface area (TPSA) is 118 Å². The van der Waals surface area contributed by atoms with Crippen molar-refractivity contribution in [3.63, 3.8) is 0 Å². The van der Waals surface area contributed by atoms with E-state index < -0.39 is 5.91 Å². The van der Waals surface area contributed by atoms with Crippen LogP contribution in [0.15, 0.2) is 65.4 Å². The lowest BCUT2D eigenvalue weighted by Crippen LogP contribution is -2.43. The number of likely N-dealkylation sites (N-methyl/N-ethyl adjacent to an activating group) is 1. The van der Waals surface area contributed by atoms with Crippen LogP contribution in [0.2, 0.25) is 10.0 Å². The first-order chi connectivity index (χ1) is 22.1. The van der Waals surface area contributed by atoms with Crippen LogP contribution in [0.3, 0.4) is 0 Å². The molecule has 0 bridgehead atoms. The van der Waals surface area contributed by atoms with Gasteiger partial charge in [0.25, 0.3) is 0 Å². The zero-order valence-corrected chi connectivity index (χ0v) is 29.4. The first-order valence-corrected chi connectivity index (χ1v) is 15.9. The van der Waals surface area contributed by atoms with Gasteiger partial charge in [0.1, 0.15) is 11.2 Å². The molecule has 0 unspecified atom stereocenters. The summed E-state index contributed by atoms with van der Waals surface area (Å²) in [6.07, 6.45) is 4.82. The van der Waals surface area contributed by atoms with E-state index in [1.54, 1.807) is 60.5 Å². The van der Waals surface area contributed by atoms with Crippen LogP contribution in [0.25, 0.3) is 11.7 Å². The van der Waals surface area contributed by atoms with E-state index in [1.165, 1.54) is 11.0 Å². The number of benzene rings is 2. The number of carbonyl (C=O) groups excluding carboxylic acids is 3. The number of halogens is 4. The lowest BCUT2D eigenvalue weighted by molar-refractivity contribution is -0.122. The smallest absolute Gasteiger partial charge is 0.321 e. The van der Waals surface area contributed by atoms with Crippen LogP contribution in [0, 0.1) is 6.92 Å². The zero-order chi connectivity index (χ0) is 32.8. The van der Waals surface area contributed by atoms with Crippen molar-refractivity contribution in [2.75, 3.05) is 50.1 Å². The summed E-state index contributed by atoms with van der Waals surface area (Å²) >= 11 is 16.7. The summed E-state index contributed by atoms with van der Waals surface area (Å²) in [5, 5.41) is 6.09. The molecule has 1 fully saturated rings. The molecule has 3 heterocycles. The maximum absolute atomic E-state index is 13.0. The number of pyridine rings is 1. The molecule has 0 aliphatic carbocycles. The molecule has 2 N–H and O–H groups in total. The largest absolute Gasteiger partial charge is 0.485 e. The van der Waals surface area contributed by atoms with Crippen molar-refractivity contribution in [1.82, 2.24) is 19.6 Å². The van der Waals surface area contributed by atoms with E-state index in [-0.39, 0.29) is 42.5 Å². The fourth-order valence-electron chi connectivity index (χ4n) is 4.66. The highest BCUT2D eigenvalue weighted by Crippen LogP contribution is 2.35. The number of nitrogens with zero attached hydrogens (tertiary/aromatic N) is 4. The molecule has 0 radical (unpaired) electrons. The highest BCUT2D eigenvalue weighted by molar-refractivity contribution is 9.10. The van der Waals surface area contributed by atoms with Crippen molar-refractivity contribution in [2.24, 2.45) is 0 Å². The normalized spacial score (nSPS) is 12.9. The van der Waals surface area contributed by atoms with Gasteiger partial charge in [-0.1, -0.05) is 35.3 Å². The SMILES string of the molecule is Cc1nc2c(OCc3c(Cl)ccc(N(C)C(=O)CNC(=O)/C=C/c4ccc(NC(=O)N5CCOCC5)cc4)c3Cl)cccn2c1Br.Cl. The highest BCUT2D eigenvalue weighted by Gasteiger charge is 2.20. The Hall–Kier alpha value is -3.81. The predicted octanol–water partition coefficient (Wildman–Crippen LogP) is 6.37. The van der Waals surface area contributed by atoms with Crippen molar-refractivity contribution in [3.05, 3.63) is 92.3 Å². The molecule has 1 aliphatic rings. The van der Waals surface area contributed by atoms with Gasteiger partial charge < -0.3 is 29.9 Å². The van der Waals surface area contributed by atoms with Crippen LogP contribution in [-0.4, -0.2) is 72.0 Å². The quantitative estimate of drug-likeness (QED) is 0.192. The number of fused-ring (bicyclic) bond motifs is 1. The molecule has 5 rings (SSSR count). The molecule has 47 heavy (non-hydrogen) atoms. The van der Waals surface area contributed by atoms with E-state index >= 15 is 0 Å². The van der Waals surface area contributed by atoms with E-state index in [0.717, 1.165) is 15.9 Å². The molecule has 1 aliphatic heterocycles. The first kappa shape index (κ1) is 36.0. The third-order valence-corrected chi connectivity index (χ3v) is 9.02. The summed E-state index contributed by atoms with van der Waals surface area (Å²) in [6.45, 7) is 3.82. The molecule has 0 atom stereocenters. The minimum absolute atomic E-state index is 0. The number of imidazole rings is 1. The summed E-state index contributed by atoms with van der Waals surface area (Å²) in [5.41, 5.74) is 3.76. The van der Waals surface area contributed by atoms with Crippen LogP contribution in [0.1, 0.15) is 16.8 Å². The van der Waals surface area contributed by atoms with Crippen molar-refractivity contribution in [3.8, 4) is 5.75 Å². The Morgan fingerprint density at radius 1 is 1.11 bits per heavy atom. The molecule has 1 saturated heterocycles. The Kier molecular flexibility index (Phi) is 12.5. The Bertz CT molecular complexity index is 1790. The number of aryl methyl sites for hydroxylation is 1.